The summed E-state index contributed by atoms with van der Waals surface area (Å²) in [6, 6.07) is 0. The number of hydrogen-bond acceptors (Lipinski definition) is 0. The minimum Gasteiger partial charge on any atom is -0.0810 e. The average Bonchev–Trinajstić information content (AvgIpc) is 2.45. The van der Waals surface area contributed by atoms with Crippen LogP contribution in [0, 0.1) is 11.8 Å². The summed E-state index contributed by atoms with van der Waals surface area (Å²) in [6.07, 6.45) is 19.8. The van der Waals surface area contributed by atoms with Gasteiger partial charge in [-0.2, -0.15) is 0 Å². The Labute approximate surface area is 128 Å². The highest BCUT2D eigenvalue weighted by Gasteiger charge is 2.06. The van der Waals surface area contributed by atoms with Crippen molar-refractivity contribution in [2.75, 3.05) is 0 Å². The standard InChI is InChI=1S/C18H32.C2H6/c1-16(2)10-8-6-4-5-7-9-11-18-14-12-17(3)13-15-18;1-2/h12-14,16,18H,4-11,15H2,1-3H3;1-2H3. The van der Waals surface area contributed by atoms with Gasteiger partial charge < -0.3 is 0 Å². The second kappa shape index (κ2) is 13.5. The number of hydrogen-bond donors (Lipinski definition) is 0. The highest BCUT2D eigenvalue weighted by atomic mass is 14.1. The predicted octanol–water partition coefficient (Wildman–Crippen LogP) is 7.31. The average molecular weight is 279 g/mol. The molecular formula is C20H38. The zero-order chi connectivity index (χ0) is 15.2. The van der Waals surface area contributed by atoms with E-state index < -0.39 is 0 Å². The maximum absolute atomic E-state index is 2.41. The van der Waals surface area contributed by atoms with E-state index in [1.165, 1.54) is 63.4 Å². The van der Waals surface area contributed by atoms with E-state index in [0.29, 0.717) is 0 Å². The normalized spacial score (nSPS) is 17.7. The van der Waals surface area contributed by atoms with Crippen molar-refractivity contribution < 1.29 is 0 Å². The van der Waals surface area contributed by atoms with E-state index in [1.807, 2.05) is 13.8 Å². The van der Waals surface area contributed by atoms with E-state index in [0.717, 1.165) is 11.8 Å². The van der Waals surface area contributed by atoms with Crippen molar-refractivity contribution in [3.05, 3.63) is 23.8 Å². The van der Waals surface area contributed by atoms with Crippen LogP contribution in [0.4, 0.5) is 0 Å². The lowest BCUT2D eigenvalue weighted by Crippen LogP contribution is -1.99. The van der Waals surface area contributed by atoms with E-state index in [2.05, 4.69) is 39.0 Å². The molecule has 1 aliphatic carbocycles. The third kappa shape index (κ3) is 11.3. The molecule has 0 bridgehead atoms. The van der Waals surface area contributed by atoms with E-state index >= 15 is 0 Å². The van der Waals surface area contributed by atoms with Crippen molar-refractivity contribution in [2.24, 2.45) is 11.8 Å². The lowest BCUT2D eigenvalue weighted by atomic mass is 9.92. The molecule has 1 atom stereocenters. The topological polar surface area (TPSA) is 0 Å². The van der Waals surface area contributed by atoms with E-state index in [4.69, 9.17) is 0 Å². The number of rotatable bonds is 9. The van der Waals surface area contributed by atoms with Gasteiger partial charge in [-0.15, -0.1) is 0 Å². The van der Waals surface area contributed by atoms with E-state index in [1.54, 1.807) is 0 Å². The summed E-state index contributed by atoms with van der Waals surface area (Å²) >= 11 is 0. The molecule has 0 saturated carbocycles. The van der Waals surface area contributed by atoms with Crippen molar-refractivity contribution >= 4 is 0 Å². The fourth-order valence-corrected chi connectivity index (χ4v) is 2.65. The largest absolute Gasteiger partial charge is 0.0810 e. The molecular weight excluding hydrogens is 240 g/mol. The van der Waals surface area contributed by atoms with Crippen LogP contribution in [0.2, 0.25) is 0 Å². The molecule has 0 radical (unpaired) electrons. The van der Waals surface area contributed by atoms with Crippen LogP contribution in [0.25, 0.3) is 0 Å². The lowest BCUT2D eigenvalue weighted by Gasteiger charge is -2.14. The maximum Gasteiger partial charge on any atom is -0.0195 e. The van der Waals surface area contributed by atoms with Crippen molar-refractivity contribution in [3.63, 3.8) is 0 Å². The minimum absolute atomic E-state index is 0.828. The molecule has 0 fully saturated rings. The highest BCUT2D eigenvalue weighted by molar-refractivity contribution is 5.21. The third-order valence-corrected chi connectivity index (χ3v) is 3.98. The molecule has 0 aliphatic heterocycles. The maximum atomic E-state index is 2.41. The summed E-state index contributed by atoms with van der Waals surface area (Å²) in [7, 11) is 0. The Bertz CT molecular complexity index is 257. The van der Waals surface area contributed by atoms with Gasteiger partial charge >= 0.3 is 0 Å². The lowest BCUT2D eigenvalue weighted by molar-refractivity contribution is 0.493. The van der Waals surface area contributed by atoms with Crippen LogP contribution in [0.5, 0.6) is 0 Å². The molecule has 1 rings (SSSR count). The number of unbranched alkanes of at least 4 members (excludes halogenated alkanes) is 5. The third-order valence-electron chi connectivity index (χ3n) is 3.98. The van der Waals surface area contributed by atoms with Gasteiger partial charge in [-0.1, -0.05) is 96.4 Å². The zero-order valence-corrected chi connectivity index (χ0v) is 14.8. The van der Waals surface area contributed by atoms with Gasteiger partial charge in [-0.25, -0.2) is 0 Å². The first-order valence-corrected chi connectivity index (χ1v) is 9.03. The van der Waals surface area contributed by atoms with Crippen molar-refractivity contribution in [3.8, 4) is 0 Å². The van der Waals surface area contributed by atoms with Gasteiger partial charge in [0, 0.05) is 0 Å². The first-order valence-electron chi connectivity index (χ1n) is 9.03. The monoisotopic (exact) mass is 278 g/mol. The Hall–Kier alpha value is -0.520. The van der Waals surface area contributed by atoms with E-state index in [-0.39, 0.29) is 0 Å². The second-order valence-electron chi connectivity index (χ2n) is 6.40. The van der Waals surface area contributed by atoms with Gasteiger partial charge in [0.15, 0.2) is 0 Å². The van der Waals surface area contributed by atoms with Crippen LogP contribution in [-0.4, -0.2) is 0 Å². The van der Waals surface area contributed by atoms with Crippen LogP contribution >= 0.6 is 0 Å². The summed E-state index contributed by atoms with van der Waals surface area (Å²) in [5.41, 5.74) is 1.44. The summed E-state index contributed by atoms with van der Waals surface area (Å²) < 4.78 is 0. The number of allylic oxidation sites excluding steroid dienone is 4. The molecule has 0 heteroatoms. The molecule has 1 unspecified atom stereocenters. The summed E-state index contributed by atoms with van der Waals surface area (Å²) in [5, 5.41) is 0. The molecule has 0 N–H and O–H groups in total. The summed E-state index contributed by atoms with van der Waals surface area (Å²) in [4.78, 5) is 0. The fraction of sp³-hybridized carbons (Fsp3) is 0.800. The van der Waals surface area contributed by atoms with Crippen molar-refractivity contribution in [1.82, 2.24) is 0 Å². The Balaban J connectivity index is 0.00000172. The first-order chi connectivity index (χ1) is 9.68. The Kier molecular flexibility index (Phi) is 13.1. The molecule has 0 saturated heterocycles. The molecule has 0 aromatic rings. The van der Waals surface area contributed by atoms with Gasteiger partial charge in [0.2, 0.25) is 0 Å². The predicted molar refractivity (Wildman–Crippen MR) is 94.1 cm³/mol. The zero-order valence-electron chi connectivity index (χ0n) is 14.8. The van der Waals surface area contributed by atoms with Crippen LogP contribution < -0.4 is 0 Å². The first kappa shape index (κ1) is 19.5. The smallest absolute Gasteiger partial charge is 0.0195 e. The van der Waals surface area contributed by atoms with Gasteiger partial charge in [-0.05, 0) is 31.6 Å². The van der Waals surface area contributed by atoms with Crippen LogP contribution in [0.1, 0.15) is 92.4 Å². The molecule has 20 heavy (non-hydrogen) atoms. The molecule has 118 valence electrons. The molecule has 0 nitrogen and oxygen atoms in total. The van der Waals surface area contributed by atoms with Crippen LogP contribution in [0.3, 0.4) is 0 Å². The summed E-state index contributed by atoms with van der Waals surface area (Å²) in [5.74, 6) is 1.72. The minimum atomic E-state index is 0.828. The molecule has 0 amide bonds. The van der Waals surface area contributed by atoms with Crippen LogP contribution in [0.15, 0.2) is 23.8 Å². The Morgan fingerprint density at radius 1 is 1.00 bits per heavy atom. The van der Waals surface area contributed by atoms with Gasteiger partial charge in [0.05, 0.1) is 0 Å². The summed E-state index contributed by atoms with van der Waals surface area (Å²) in [6.45, 7) is 10.9. The van der Waals surface area contributed by atoms with Gasteiger partial charge in [0.1, 0.15) is 0 Å². The molecule has 1 aliphatic rings. The van der Waals surface area contributed by atoms with Gasteiger partial charge in [-0.3, -0.25) is 0 Å². The van der Waals surface area contributed by atoms with E-state index in [9.17, 15) is 0 Å². The molecule has 0 heterocycles. The fourth-order valence-electron chi connectivity index (χ4n) is 2.65. The van der Waals surface area contributed by atoms with Gasteiger partial charge in [0.25, 0.3) is 0 Å². The Morgan fingerprint density at radius 3 is 2.15 bits per heavy atom. The molecule has 0 aromatic carbocycles. The second-order valence-corrected chi connectivity index (χ2v) is 6.40. The Morgan fingerprint density at radius 2 is 1.60 bits per heavy atom. The SMILES string of the molecule is CC.CC1=CCC(CCCCCCCCC(C)C)C=C1. The van der Waals surface area contributed by atoms with Crippen LogP contribution in [-0.2, 0) is 0 Å². The van der Waals surface area contributed by atoms with Crippen molar-refractivity contribution in [1.29, 1.82) is 0 Å². The van der Waals surface area contributed by atoms with Crippen molar-refractivity contribution in [2.45, 2.75) is 92.4 Å². The highest BCUT2D eigenvalue weighted by Crippen LogP contribution is 2.22. The molecule has 0 aromatic heterocycles. The molecule has 0 spiro atoms. The quantitative estimate of drug-likeness (QED) is 0.388.